The van der Waals surface area contributed by atoms with Crippen LogP contribution in [0.2, 0.25) is 0 Å². The Morgan fingerprint density at radius 1 is 1.19 bits per heavy atom. The van der Waals surface area contributed by atoms with Gasteiger partial charge in [0.25, 0.3) is 5.56 Å². The molecular weight excluding hydrogens is 338 g/mol. The SMILES string of the molecule is CCOOCC1=C(C)NC(C)=C(C(=O)OCC)C1c1c[nH]c(=O)c(N)c1. The first-order chi connectivity index (χ1) is 12.4. The van der Waals surface area contributed by atoms with Crippen molar-refractivity contribution >= 4 is 11.7 Å². The molecule has 0 aliphatic carbocycles. The first kappa shape index (κ1) is 19.7. The largest absolute Gasteiger partial charge is 0.463 e. The van der Waals surface area contributed by atoms with Gasteiger partial charge in [0.05, 0.1) is 24.5 Å². The van der Waals surface area contributed by atoms with Crippen molar-refractivity contribution in [3.8, 4) is 0 Å². The molecule has 1 aliphatic heterocycles. The molecule has 1 atom stereocenters. The number of hydrogen-bond donors (Lipinski definition) is 3. The van der Waals surface area contributed by atoms with Crippen molar-refractivity contribution in [3.63, 3.8) is 0 Å². The van der Waals surface area contributed by atoms with Gasteiger partial charge < -0.3 is 20.8 Å². The number of dihydropyridines is 1. The monoisotopic (exact) mass is 363 g/mol. The molecule has 0 saturated carbocycles. The number of aromatic amines is 1. The molecule has 0 aromatic carbocycles. The second-order valence-corrected chi connectivity index (χ2v) is 5.85. The van der Waals surface area contributed by atoms with Gasteiger partial charge in [-0.25, -0.2) is 14.6 Å². The number of hydrogen-bond acceptors (Lipinski definition) is 7. The first-order valence-electron chi connectivity index (χ1n) is 8.47. The van der Waals surface area contributed by atoms with E-state index in [4.69, 9.17) is 20.2 Å². The highest BCUT2D eigenvalue weighted by atomic mass is 17.2. The zero-order valence-electron chi connectivity index (χ0n) is 15.5. The van der Waals surface area contributed by atoms with Crippen LogP contribution in [0.4, 0.5) is 5.69 Å². The fraction of sp³-hybridized carbons (Fsp3) is 0.444. The minimum absolute atomic E-state index is 0.0737. The maximum Gasteiger partial charge on any atom is 0.336 e. The van der Waals surface area contributed by atoms with Crippen LogP contribution in [0.1, 0.15) is 39.2 Å². The number of carbonyl (C=O) groups is 1. The summed E-state index contributed by atoms with van der Waals surface area (Å²) in [6.07, 6.45) is 1.55. The van der Waals surface area contributed by atoms with Crippen LogP contribution in [0, 0.1) is 0 Å². The number of anilines is 1. The Balaban J connectivity index is 2.55. The summed E-state index contributed by atoms with van der Waals surface area (Å²) in [5, 5.41) is 3.19. The number of allylic oxidation sites excluding steroid dienone is 2. The van der Waals surface area contributed by atoms with Crippen LogP contribution < -0.4 is 16.6 Å². The number of ether oxygens (including phenoxy) is 1. The zero-order chi connectivity index (χ0) is 19.3. The summed E-state index contributed by atoms with van der Waals surface area (Å²) >= 11 is 0. The highest BCUT2D eigenvalue weighted by Crippen LogP contribution is 2.38. The predicted molar refractivity (Wildman–Crippen MR) is 97.0 cm³/mol. The molecule has 142 valence electrons. The first-order valence-corrected chi connectivity index (χ1v) is 8.47. The molecule has 8 nitrogen and oxygen atoms in total. The molecule has 1 unspecified atom stereocenters. The Kier molecular flexibility index (Phi) is 6.59. The summed E-state index contributed by atoms with van der Waals surface area (Å²) in [4.78, 5) is 37.1. The van der Waals surface area contributed by atoms with Crippen molar-refractivity contribution in [2.45, 2.75) is 33.6 Å². The van der Waals surface area contributed by atoms with Gasteiger partial charge in [0, 0.05) is 23.5 Å². The lowest BCUT2D eigenvalue weighted by molar-refractivity contribution is -0.285. The molecule has 4 N–H and O–H groups in total. The summed E-state index contributed by atoms with van der Waals surface area (Å²) in [6, 6.07) is 1.56. The Bertz CT molecular complexity index is 794. The van der Waals surface area contributed by atoms with E-state index in [9.17, 15) is 9.59 Å². The zero-order valence-corrected chi connectivity index (χ0v) is 15.5. The van der Waals surface area contributed by atoms with E-state index >= 15 is 0 Å². The Morgan fingerprint density at radius 2 is 1.92 bits per heavy atom. The molecular formula is C18H25N3O5. The van der Waals surface area contributed by atoms with Gasteiger partial charge in [-0.1, -0.05) is 0 Å². The van der Waals surface area contributed by atoms with E-state index in [0.29, 0.717) is 23.4 Å². The Labute approximate surface area is 151 Å². The smallest absolute Gasteiger partial charge is 0.336 e. The minimum atomic E-state index is -0.477. The van der Waals surface area contributed by atoms with Crippen molar-refractivity contribution in [1.82, 2.24) is 10.3 Å². The molecule has 26 heavy (non-hydrogen) atoms. The summed E-state index contributed by atoms with van der Waals surface area (Å²) in [5.74, 6) is -0.913. The van der Waals surface area contributed by atoms with E-state index in [1.54, 1.807) is 26.1 Å². The molecule has 1 aliphatic rings. The molecule has 0 spiro atoms. The third-order valence-corrected chi connectivity index (χ3v) is 4.10. The minimum Gasteiger partial charge on any atom is -0.463 e. The number of carbonyl (C=O) groups excluding carboxylic acids is 1. The summed E-state index contributed by atoms with van der Waals surface area (Å²) in [5.41, 5.74) is 8.89. The molecule has 8 heteroatoms. The number of nitrogens with two attached hydrogens (primary N) is 1. The number of pyridine rings is 1. The average Bonchev–Trinajstić information content (AvgIpc) is 2.59. The second-order valence-electron chi connectivity index (χ2n) is 5.85. The van der Waals surface area contributed by atoms with E-state index < -0.39 is 11.9 Å². The van der Waals surface area contributed by atoms with Crippen LogP contribution in [-0.4, -0.2) is 30.8 Å². The number of nitrogen functional groups attached to an aromatic ring is 1. The standard InChI is InChI=1S/C18H25N3O5/c1-5-24-18(23)15-11(4)21-10(3)13(9-26-25-6-2)16(15)12-7-14(19)17(22)20-8-12/h7-8,16,21H,5-6,9,19H2,1-4H3,(H,20,22). The van der Waals surface area contributed by atoms with Crippen LogP contribution in [0.3, 0.4) is 0 Å². The van der Waals surface area contributed by atoms with Crippen molar-refractivity contribution in [3.05, 3.63) is 50.7 Å². The highest BCUT2D eigenvalue weighted by molar-refractivity contribution is 5.92. The highest BCUT2D eigenvalue weighted by Gasteiger charge is 2.34. The van der Waals surface area contributed by atoms with E-state index in [1.807, 2.05) is 13.8 Å². The summed E-state index contributed by atoms with van der Waals surface area (Å²) in [7, 11) is 0. The topological polar surface area (TPSA) is 116 Å². The quantitative estimate of drug-likeness (QED) is 0.292. The summed E-state index contributed by atoms with van der Waals surface area (Å²) < 4.78 is 5.23. The molecule has 0 amide bonds. The number of rotatable bonds is 7. The molecule has 1 aromatic rings. The number of aromatic nitrogens is 1. The maximum atomic E-state index is 12.6. The lowest BCUT2D eigenvalue weighted by Gasteiger charge is -2.31. The molecule has 1 aromatic heterocycles. The molecule has 0 bridgehead atoms. The molecule has 2 heterocycles. The fourth-order valence-corrected chi connectivity index (χ4v) is 2.95. The number of nitrogens with one attached hydrogen (secondary N) is 2. The van der Waals surface area contributed by atoms with Crippen LogP contribution in [0.15, 0.2) is 39.6 Å². The van der Waals surface area contributed by atoms with Gasteiger partial charge in [-0.15, -0.1) is 0 Å². The van der Waals surface area contributed by atoms with Crippen molar-refractivity contribution in [2.75, 3.05) is 25.6 Å². The van der Waals surface area contributed by atoms with Gasteiger partial charge in [0.15, 0.2) is 0 Å². The van der Waals surface area contributed by atoms with Crippen molar-refractivity contribution in [1.29, 1.82) is 0 Å². The lowest BCUT2D eigenvalue weighted by Crippen LogP contribution is -2.31. The van der Waals surface area contributed by atoms with Crippen LogP contribution in [0.5, 0.6) is 0 Å². The Hall–Kier alpha value is -2.58. The van der Waals surface area contributed by atoms with Crippen LogP contribution in [-0.2, 0) is 19.3 Å². The van der Waals surface area contributed by atoms with Gasteiger partial charge in [0.1, 0.15) is 6.61 Å². The normalized spacial score (nSPS) is 17.3. The fourth-order valence-electron chi connectivity index (χ4n) is 2.95. The van der Waals surface area contributed by atoms with E-state index in [0.717, 1.165) is 11.3 Å². The van der Waals surface area contributed by atoms with E-state index in [2.05, 4.69) is 10.3 Å². The molecule has 2 rings (SSSR count). The molecule has 0 fully saturated rings. The lowest BCUT2D eigenvalue weighted by atomic mass is 9.81. The van der Waals surface area contributed by atoms with E-state index in [1.165, 1.54) is 0 Å². The molecule has 0 saturated heterocycles. The van der Waals surface area contributed by atoms with Gasteiger partial charge in [-0.3, -0.25) is 4.79 Å². The average molecular weight is 363 g/mol. The number of H-pyrrole nitrogens is 1. The van der Waals surface area contributed by atoms with Gasteiger partial charge in [-0.05, 0) is 44.9 Å². The van der Waals surface area contributed by atoms with Crippen LogP contribution >= 0.6 is 0 Å². The predicted octanol–water partition coefficient (Wildman–Crippen LogP) is 1.72. The third kappa shape index (κ3) is 4.14. The Morgan fingerprint density at radius 3 is 2.54 bits per heavy atom. The van der Waals surface area contributed by atoms with Gasteiger partial charge >= 0.3 is 5.97 Å². The van der Waals surface area contributed by atoms with Crippen molar-refractivity contribution in [2.24, 2.45) is 0 Å². The number of esters is 1. The van der Waals surface area contributed by atoms with Crippen molar-refractivity contribution < 1.29 is 19.3 Å². The molecule has 0 radical (unpaired) electrons. The summed E-state index contributed by atoms with van der Waals surface area (Å²) in [6.45, 7) is 8.05. The third-order valence-electron chi connectivity index (χ3n) is 4.10. The van der Waals surface area contributed by atoms with Gasteiger partial charge in [0.2, 0.25) is 0 Å². The van der Waals surface area contributed by atoms with Gasteiger partial charge in [-0.2, -0.15) is 0 Å². The van der Waals surface area contributed by atoms with Crippen LogP contribution in [0.25, 0.3) is 0 Å². The van der Waals surface area contributed by atoms with E-state index in [-0.39, 0.29) is 24.5 Å². The second kappa shape index (κ2) is 8.68. The maximum absolute atomic E-state index is 12.6.